The number of aliphatic imine (C=N–C) groups is 1. The maximum Gasteiger partial charge on any atom is 0.191 e. The highest BCUT2D eigenvalue weighted by molar-refractivity contribution is 14.0. The van der Waals surface area contributed by atoms with Crippen molar-refractivity contribution in [3.05, 3.63) is 0 Å². The summed E-state index contributed by atoms with van der Waals surface area (Å²) < 4.78 is 0. The average molecular weight is 382 g/mol. The van der Waals surface area contributed by atoms with Crippen LogP contribution in [0.25, 0.3) is 0 Å². The predicted octanol–water partition coefficient (Wildman–Crippen LogP) is 2.52. The Labute approximate surface area is 135 Å². The third-order valence-corrected chi connectivity index (χ3v) is 3.63. The number of hydrogen-bond acceptors (Lipinski definition) is 2. The van der Waals surface area contributed by atoms with Gasteiger partial charge in [0.25, 0.3) is 0 Å². The van der Waals surface area contributed by atoms with Crippen LogP contribution >= 0.6 is 24.0 Å². The SMILES string of the molecule is CC(C)N(CCCN=C(N)N(C)C1CC1)C(C)C.I. The molecule has 0 bridgehead atoms. The molecule has 0 aromatic heterocycles. The van der Waals surface area contributed by atoms with Gasteiger partial charge < -0.3 is 10.6 Å². The summed E-state index contributed by atoms with van der Waals surface area (Å²) in [6.45, 7) is 10.9. The standard InChI is InChI=1S/C14H30N4.HI/c1-11(2)18(12(3)4)10-6-9-16-14(15)17(5)13-7-8-13;/h11-13H,6-10H2,1-5H3,(H2,15,16);1H. The van der Waals surface area contributed by atoms with E-state index >= 15 is 0 Å². The molecule has 19 heavy (non-hydrogen) atoms. The van der Waals surface area contributed by atoms with Gasteiger partial charge in [0.1, 0.15) is 0 Å². The van der Waals surface area contributed by atoms with Crippen LogP contribution in [0.2, 0.25) is 0 Å². The van der Waals surface area contributed by atoms with Gasteiger partial charge in [0.15, 0.2) is 5.96 Å². The molecule has 2 N–H and O–H groups in total. The average Bonchev–Trinajstić information content (AvgIpc) is 3.10. The van der Waals surface area contributed by atoms with E-state index in [0.717, 1.165) is 19.5 Å². The molecule has 1 aliphatic carbocycles. The van der Waals surface area contributed by atoms with Gasteiger partial charge in [0, 0.05) is 38.3 Å². The van der Waals surface area contributed by atoms with Crippen LogP contribution in [0.5, 0.6) is 0 Å². The molecule has 114 valence electrons. The van der Waals surface area contributed by atoms with Crippen LogP contribution in [0.3, 0.4) is 0 Å². The summed E-state index contributed by atoms with van der Waals surface area (Å²) in [5, 5.41) is 0. The van der Waals surface area contributed by atoms with Crippen LogP contribution in [-0.2, 0) is 0 Å². The molecule has 0 aliphatic heterocycles. The zero-order valence-electron chi connectivity index (χ0n) is 13.1. The summed E-state index contributed by atoms with van der Waals surface area (Å²) in [4.78, 5) is 9.08. The van der Waals surface area contributed by atoms with Crippen molar-refractivity contribution < 1.29 is 0 Å². The molecule has 4 nitrogen and oxygen atoms in total. The Kier molecular flexibility index (Phi) is 8.98. The number of guanidine groups is 1. The Morgan fingerprint density at radius 2 is 1.74 bits per heavy atom. The van der Waals surface area contributed by atoms with Gasteiger partial charge in [-0.3, -0.25) is 9.89 Å². The second kappa shape index (κ2) is 9.00. The molecule has 0 aromatic carbocycles. The second-order valence-corrected chi connectivity index (χ2v) is 5.86. The molecule has 0 amide bonds. The van der Waals surface area contributed by atoms with Gasteiger partial charge >= 0.3 is 0 Å². The molecule has 0 heterocycles. The lowest BCUT2D eigenvalue weighted by molar-refractivity contribution is 0.174. The molecular weight excluding hydrogens is 351 g/mol. The topological polar surface area (TPSA) is 44.9 Å². The third-order valence-electron chi connectivity index (χ3n) is 3.63. The van der Waals surface area contributed by atoms with Crippen LogP contribution in [0.15, 0.2) is 4.99 Å². The normalized spacial score (nSPS) is 16.1. The van der Waals surface area contributed by atoms with Crippen LogP contribution in [0.4, 0.5) is 0 Å². The summed E-state index contributed by atoms with van der Waals surface area (Å²) in [7, 11) is 2.05. The molecule has 1 fully saturated rings. The van der Waals surface area contributed by atoms with Crippen LogP contribution in [0.1, 0.15) is 47.0 Å². The fourth-order valence-electron chi connectivity index (χ4n) is 2.32. The Morgan fingerprint density at radius 1 is 1.21 bits per heavy atom. The monoisotopic (exact) mass is 382 g/mol. The van der Waals surface area contributed by atoms with E-state index in [4.69, 9.17) is 5.73 Å². The summed E-state index contributed by atoms with van der Waals surface area (Å²) in [5.74, 6) is 0.707. The third kappa shape index (κ3) is 6.79. The van der Waals surface area contributed by atoms with E-state index in [1.807, 2.05) is 7.05 Å². The summed E-state index contributed by atoms with van der Waals surface area (Å²) >= 11 is 0. The lowest BCUT2D eigenvalue weighted by atomic mass is 10.2. The molecule has 1 rings (SSSR count). The zero-order valence-corrected chi connectivity index (χ0v) is 15.4. The molecule has 5 heteroatoms. The van der Waals surface area contributed by atoms with Crippen molar-refractivity contribution in [2.24, 2.45) is 10.7 Å². The number of halogens is 1. The molecule has 0 spiro atoms. The van der Waals surface area contributed by atoms with Gasteiger partial charge in [0.05, 0.1) is 0 Å². The van der Waals surface area contributed by atoms with Gasteiger partial charge in [-0.25, -0.2) is 0 Å². The molecule has 0 atom stereocenters. The van der Waals surface area contributed by atoms with E-state index in [9.17, 15) is 0 Å². The molecule has 1 saturated carbocycles. The first-order valence-corrected chi connectivity index (χ1v) is 7.22. The number of hydrogen-bond donors (Lipinski definition) is 1. The maximum absolute atomic E-state index is 5.96. The predicted molar refractivity (Wildman–Crippen MR) is 94.3 cm³/mol. The van der Waals surface area contributed by atoms with Gasteiger partial charge in [-0.05, 0) is 47.0 Å². The van der Waals surface area contributed by atoms with E-state index in [-0.39, 0.29) is 24.0 Å². The lowest BCUT2D eigenvalue weighted by Crippen LogP contribution is -2.38. The van der Waals surface area contributed by atoms with Gasteiger partial charge in [0.2, 0.25) is 0 Å². The first-order chi connectivity index (χ1) is 8.43. The molecule has 0 saturated heterocycles. The van der Waals surface area contributed by atoms with Crippen molar-refractivity contribution in [1.82, 2.24) is 9.80 Å². The Bertz CT molecular complexity index is 267. The molecule has 0 radical (unpaired) electrons. The van der Waals surface area contributed by atoms with Crippen LogP contribution < -0.4 is 5.73 Å². The van der Waals surface area contributed by atoms with Crippen molar-refractivity contribution in [1.29, 1.82) is 0 Å². The van der Waals surface area contributed by atoms with Crippen molar-refractivity contribution in [2.75, 3.05) is 20.1 Å². The van der Waals surface area contributed by atoms with Gasteiger partial charge in [-0.15, -0.1) is 24.0 Å². The minimum atomic E-state index is 0. The van der Waals surface area contributed by atoms with Crippen LogP contribution in [-0.4, -0.2) is 54.0 Å². The van der Waals surface area contributed by atoms with E-state index in [1.54, 1.807) is 0 Å². The number of nitrogens with zero attached hydrogens (tertiary/aromatic N) is 3. The smallest absolute Gasteiger partial charge is 0.191 e. The summed E-state index contributed by atoms with van der Waals surface area (Å²) in [6.07, 6.45) is 3.61. The number of nitrogens with two attached hydrogens (primary N) is 1. The highest BCUT2D eigenvalue weighted by atomic mass is 127. The Balaban J connectivity index is 0.00000324. The fraction of sp³-hybridized carbons (Fsp3) is 0.929. The van der Waals surface area contributed by atoms with E-state index < -0.39 is 0 Å². The van der Waals surface area contributed by atoms with E-state index in [0.29, 0.717) is 24.1 Å². The minimum Gasteiger partial charge on any atom is -0.370 e. The number of rotatable bonds is 7. The van der Waals surface area contributed by atoms with Crippen molar-refractivity contribution in [3.63, 3.8) is 0 Å². The first kappa shape index (κ1) is 19.0. The minimum absolute atomic E-state index is 0. The van der Waals surface area contributed by atoms with Gasteiger partial charge in [-0.2, -0.15) is 0 Å². The summed E-state index contributed by atoms with van der Waals surface area (Å²) in [6, 6.07) is 1.84. The molecular formula is C14H31IN4. The zero-order chi connectivity index (χ0) is 13.7. The van der Waals surface area contributed by atoms with Crippen molar-refractivity contribution >= 4 is 29.9 Å². The van der Waals surface area contributed by atoms with Crippen molar-refractivity contribution in [2.45, 2.75) is 65.1 Å². The quantitative estimate of drug-likeness (QED) is 0.319. The molecule has 0 unspecified atom stereocenters. The van der Waals surface area contributed by atoms with E-state index in [2.05, 4.69) is 42.5 Å². The second-order valence-electron chi connectivity index (χ2n) is 5.86. The summed E-state index contributed by atoms with van der Waals surface area (Å²) in [5.41, 5.74) is 5.96. The highest BCUT2D eigenvalue weighted by Gasteiger charge is 2.27. The largest absolute Gasteiger partial charge is 0.370 e. The molecule has 1 aliphatic rings. The highest BCUT2D eigenvalue weighted by Crippen LogP contribution is 2.24. The van der Waals surface area contributed by atoms with Crippen molar-refractivity contribution in [3.8, 4) is 0 Å². The first-order valence-electron chi connectivity index (χ1n) is 7.22. The fourth-order valence-corrected chi connectivity index (χ4v) is 2.32. The maximum atomic E-state index is 5.96. The van der Waals surface area contributed by atoms with E-state index in [1.165, 1.54) is 12.8 Å². The Morgan fingerprint density at radius 3 is 2.16 bits per heavy atom. The van der Waals surface area contributed by atoms with Gasteiger partial charge in [-0.1, -0.05) is 0 Å². The molecule has 0 aromatic rings. The Hall–Kier alpha value is -0.0400. The van der Waals surface area contributed by atoms with Crippen LogP contribution in [0, 0.1) is 0 Å². The lowest BCUT2D eigenvalue weighted by Gasteiger charge is -2.30.